The summed E-state index contributed by atoms with van der Waals surface area (Å²) in [7, 11) is 3.83. The molecule has 2 saturated carbocycles. The lowest BCUT2D eigenvalue weighted by atomic mass is 9.79. The highest BCUT2D eigenvalue weighted by Gasteiger charge is 2.47. The topological polar surface area (TPSA) is 52.7 Å². The van der Waals surface area contributed by atoms with Crippen LogP contribution in [0.4, 0.5) is 0 Å². The molecule has 0 bridgehead atoms. The third kappa shape index (κ3) is 3.50. The lowest BCUT2D eigenvalue weighted by Crippen LogP contribution is -2.52. The minimum absolute atomic E-state index is 0. The van der Waals surface area contributed by atoms with Crippen molar-refractivity contribution in [3.8, 4) is 0 Å². The van der Waals surface area contributed by atoms with Gasteiger partial charge >= 0.3 is 0 Å². The minimum Gasteiger partial charge on any atom is -0.343 e. The van der Waals surface area contributed by atoms with Gasteiger partial charge in [-0.3, -0.25) is 9.59 Å². The van der Waals surface area contributed by atoms with E-state index in [1.165, 1.54) is 12.8 Å². The number of halogens is 1. The van der Waals surface area contributed by atoms with E-state index < -0.39 is 5.41 Å². The molecule has 1 N–H and O–H groups in total. The Hall–Kier alpha value is -0.810. The summed E-state index contributed by atoms with van der Waals surface area (Å²) >= 11 is 0. The van der Waals surface area contributed by atoms with Gasteiger partial charge in [-0.2, -0.15) is 0 Å². The SMILES string of the molecule is CN(C(=O)CC1(C(=O)N(C)C2CCC2)CCNC1)C1CCC1.Cl. The van der Waals surface area contributed by atoms with Crippen molar-refractivity contribution in [1.82, 2.24) is 15.1 Å². The zero-order valence-electron chi connectivity index (χ0n) is 14.3. The third-order valence-electron chi connectivity index (χ3n) is 6.15. The second-order valence-corrected chi connectivity index (χ2v) is 7.47. The van der Waals surface area contributed by atoms with Crippen LogP contribution in [0.5, 0.6) is 0 Å². The highest BCUT2D eigenvalue weighted by Crippen LogP contribution is 2.36. The standard InChI is InChI=1S/C17H29N3O2.ClH/c1-19(13-5-3-6-13)15(21)11-17(9-10-18-12-17)16(22)20(2)14-7-4-8-14;/h13-14,18H,3-12H2,1-2H3;1H. The molecule has 6 heteroatoms. The van der Waals surface area contributed by atoms with Crippen LogP contribution in [0, 0.1) is 5.41 Å². The Kier molecular flexibility index (Phi) is 5.95. The molecular formula is C17H30ClN3O2. The summed E-state index contributed by atoms with van der Waals surface area (Å²) in [5.74, 6) is 0.321. The van der Waals surface area contributed by atoms with Gasteiger partial charge in [-0.25, -0.2) is 0 Å². The molecule has 0 aromatic rings. The van der Waals surface area contributed by atoms with E-state index in [9.17, 15) is 9.59 Å². The van der Waals surface area contributed by atoms with Gasteiger partial charge in [0.2, 0.25) is 11.8 Å². The summed E-state index contributed by atoms with van der Waals surface area (Å²) < 4.78 is 0. The molecule has 2 aliphatic carbocycles. The van der Waals surface area contributed by atoms with Gasteiger partial charge in [-0.05, 0) is 51.5 Å². The largest absolute Gasteiger partial charge is 0.343 e. The highest BCUT2D eigenvalue weighted by atomic mass is 35.5. The fourth-order valence-corrected chi connectivity index (χ4v) is 3.86. The smallest absolute Gasteiger partial charge is 0.230 e. The Morgan fingerprint density at radius 1 is 1.04 bits per heavy atom. The predicted molar refractivity (Wildman–Crippen MR) is 92.6 cm³/mol. The Bertz CT molecular complexity index is 443. The zero-order valence-corrected chi connectivity index (χ0v) is 15.2. The quantitative estimate of drug-likeness (QED) is 0.828. The first-order valence-corrected chi connectivity index (χ1v) is 8.77. The molecule has 0 aromatic carbocycles. The maximum atomic E-state index is 13.0. The van der Waals surface area contributed by atoms with Crippen LogP contribution in [-0.4, -0.2) is 60.9 Å². The van der Waals surface area contributed by atoms with Crippen molar-refractivity contribution >= 4 is 24.2 Å². The second kappa shape index (κ2) is 7.39. The van der Waals surface area contributed by atoms with Crippen molar-refractivity contribution in [1.29, 1.82) is 0 Å². The van der Waals surface area contributed by atoms with Crippen molar-refractivity contribution < 1.29 is 9.59 Å². The second-order valence-electron chi connectivity index (χ2n) is 7.47. The Morgan fingerprint density at radius 2 is 1.61 bits per heavy atom. The first-order chi connectivity index (χ1) is 10.5. The summed E-state index contributed by atoms with van der Waals surface area (Å²) in [6.07, 6.45) is 8.04. The molecule has 1 heterocycles. The number of hydrogen-bond donors (Lipinski definition) is 1. The Labute approximate surface area is 145 Å². The Balaban J connectivity index is 0.00000192. The van der Waals surface area contributed by atoms with Crippen LogP contribution >= 0.6 is 12.4 Å². The van der Waals surface area contributed by atoms with Crippen LogP contribution in [-0.2, 0) is 9.59 Å². The molecule has 5 nitrogen and oxygen atoms in total. The van der Waals surface area contributed by atoms with Crippen LogP contribution in [0.15, 0.2) is 0 Å². The predicted octanol–water partition coefficient (Wildman–Crippen LogP) is 1.80. The third-order valence-corrected chi connectivity index (χ3v) is 6.15. The lowest BCUT2D eigenvalue weighted by molar-refractivity contribution is -0.149. The number of hydrogen-bond acceptors (Lipinski definition) is 3. The Morgan fingerprint density at radius 3 is 2.04 bits per heavy atom. The van der Waals surface area contributed by atoms with Gasteiger partial charge in [-0.15, -0.1) is 12.4 Å². The van der Waals surface area contributed by atoms with E-state index in [0.717, 1.165) is 38.6 Å². The minimum atomic E-state index is -0.514. The van der Waals surface area contributed by atoms with Crippen LogP contribution in [0.3, 0.4) is 0 Å². The molecule has 23 heavy (non-hydrogen) atoms. The number of carbonyl (C=O) groups is 2. The van der Waals surface area contributed by atoms with Gasteiger partial charge in [-0.1, -0.05) is 0 Å². The summed E-state index contributed by atoms with van der Waals surface area (Å²) in [6, 6.07) is 0.794. The highest BCUT2D eigenvalue weighted by molar-refractivity contribution is 5.89. The van der Waals surface area contributed by atoms with Crippen molar-refractivity contribution in [3.05, 3.63) is 0 Å². The average molecular weight is 344 g/mol. The van der Waals surface area contributed by atoms with Crippen molar-refractivity contribution in [2.75, 3.05) is 27.2 Å². The zero-order chi connectivity index (χ0) is 15.7. The van der Waals surface area contributed by atoms with Crippen LogP contribution in [0.2, 0.25) is 0 Å². The molecule has 132 valence electrons. The van der Waals surface area contributed by atoms with E-state index in [-0.39, 0.29) is 24.2 Å². The number of nitrogens with zero attached hydrogens (tertiary/aromatic N) is 2. The normalized spacial score (nSPS) is 27.6. The fraction of sp³-hybridized carbons (Fsp3) is 0.882. The molecule has 3 rings (SSSR count). The van der Waals surface area contributed by atoms with E-state index in [4.69, 9.17) is 0 Å². The molecule has 3 aliphatic rings. The first kappa shape index (κ1) is 18.5. The van der Waals surface area contributed by atoms with Gasteiger partial charge in [0.15, 0.2) is 0 Å². The van der Waals surface area contributed by atoms with E-state index in [1.54, 1.807) is 0 Å². The van der Waals surface area contributed by atoms with E-state index >= 15 is 0 Å². The summed E-state index contributed by atoms with van der Waals surface area (Å²) in [4.78, 5) is 29.5. The lowest BCUT2D eigenvalue weighted by Gasteiger charge is -2.41. The van der Waals surface area contributed by atoms with Gasteiger partial charge in [0.05, 0.1) is 5.41 Å². The fourth-order valence-electron chi connectivity index (χ4n) is 3.86. The van der Waals surface area contributed by atoms with Gasteiger partial charge in [0.1, 0.15) is 0 Å². The van der Waals surface area contributed by atoms with Crippen molar-refractivity contribution in [3.63, 3.8) is 0 Å². The molecule has 1 unspecified atom stereocenters. The average Bonchev–Trinajstić information content (AvgIpc) is 2.83. The molecule has 2 amide bonds. The van der Waals surface area contributed by atoms with Crippen LogP contribution in [0.25, 0.3) is 0 Å². The monoisotopic (exact) mass is 343 g/mol. The summed E-state index contributed by atoms with van der Waals surface area (Å²) in [6.45, 7) is 1.48. The maximum absolute atomic E-state index is 13.0. The van der Waals surface area contributed by atoms with E-state index in [2.05, 4.69) is 5.32 Å². The van der Waals surface area contributed by atoms with Crippen LogP contribution < -0.4 is 5.32 Å². The van der Waals surface area contributed by atoms with Crippen molar-refractivity contribution in [2.45, 2.75) is 63.5 Å². The molecule has 1 atom stereocenters. The molecular weight excluding hydrogens is 314 g/mol. The van der Waals surface area contributed by atoms with Gasteiger partial charge in [0, 0.05) is 39.1 Å². The number of rotatable bonds is 5. The maximum Gasteiger partial charge on any atom is 0.230 e. The molecule has 0 aromatic heterocycles. The first-order valence-electron chi connectivity index (χ1n) is 8.77. The molecule has 3 fully saturated rings. The van der Waals surface area contributed by atoms with Gasteiger partial charge in [0.25, 0.3) is 0 Å². The summed E-state index contributed by atoms with van der Waals surface area (Å²) in [5, 5.41) is 3.31. The van der Waals surface area contributed by atoms with Crippen LogP contribution in [0.1, 0.15) is 51.4 Å². The number of nitrogens with one attached hydrogen (secondary N) is 1. The van der Waals surface area contributed by atoms with E-state index in [0.29, 0.717) is 25.0 Å². The summed E-state index contributed by atoms with van der Waals surface area (Å²) in [5.41, 5.74) is -0.514. The number of amides is 2. The van der Waals surface area contributed by atoms with Gasteiger partial charge < -0.3 is 15.1 Å². The van der Waals surface area contributed by atoms with Crippen molar-refractivity contribution in [2.24, 2.45) is 5.41 Å². The molecule has 1 aliphatic heterocycles. The molecule has 0 spiro atoms. The van der Waals surface area contributed by atoms with E-state index in [1.807, 2.05) is 23.9 Å². The molecule has 0 radical (unpaired) electrons. The number of carbonyl (C=O) groups excluding carboxylic acids is 2. The molecule has 1 saturated heterocycles.